The fourth-order valence-corrected chi connectivity index (χ4v) is 6.53. The normalized spacial score (nSPS) is 19.4. The number of hydrogen-bond acceptors (Lipinski definition) is 7. The minimum atomic E-state index is -0.0342. The van der Waals surface area contributed by atoms with Crippen LogP contribution in [-0.4, -0.2) is 75.0 Å². The van der Waals surface area contributed by atoms with Gasteiger partial charge in [-0.3, -0.25) is 19.7 Å². The van der Waals surface area contributed by atoms with E-state index in [1.807, 2.05) is 37.4 Å². The second-order valence-electron chi connectivity index (χ2n) is 12.3. The largest absolute Gasteiger partial charge is 0.461 e. The molecular weight excluding hydrogens is 548 g/mol. The van der Waals surface area contributed by atoms with Gasteiger partial charge in [0.25, 0.3) is 0 Å². The van der Waals surface area contributed by atoms with Gasteiger partial charge in [0.15, 0.2) is 0 Å². The van der Waals surface area contributed by atoms with Crippen molar-refractivity contribution < 1.29 is 9.53 Å². The predicted octanol–water partition coefficient (Wildman–Crippen LogP) is 6.12. The molecule has 5 heterocycles. The number of imidazole rings is 1. The highest BCUT2D eigenvalue weighted by Gasteiger charge is 2.30. The first-order valence-electron chi connectivity index (χ1n) is 15.6. The van der Waals surface area contributed by atoms with Crippen LogP contribution in [0, 0.1) is 12.8 Å². The molecule has 2 atom stereocenters. The Morgan fingerprint density at radius 3 is 2.61 bits per heavy atom. The van der Waals surface area contributed by atoms with Crippen molar-refractivity contribution in [2.24, 2.45) is 5.92 Å². The summed E-state index contributed by atoms with van der Waals surface area (Å²) in [6, 6.07) is 23.2. The summed E-state index contributed by atoms with van der Waals surface area (Å²) < 4.78 is 5.85. The maximum Gasteiger partial charge on any atom is 0.310 e. The number of benzene rings is 2. The third-order valence-electron chi connectivity index (χ3n) is 8.90. The SMILES string of the molecule is Cc1cccc(-c2[nH]cnc2-c2ccc3ncc(-c4ccc(CN5CCCC(C(=O)O[C@H]6CCN(C)C6)C5)cc4)cc3c2)n1. The van der Waals surface area contributed by atoms with Gasteiger partial charge < -0.3 is 14.6 Å². The molecule has 1 unspecified atom stereocenters. The van der Waals surface area contributed by atoms with Crippen molar-refractivity contribution in [2.45, 2.75) is 38.8 Å². The number of esters is 1. The molecule has 3 aromatic heterocycles. The van der Waals surface area contributed by atoms with Crippen molar-refractivity contribution in [1.82, 2.24) is 29.7 Å². The van der Waals surface area contributed by atoms with E-state index in [0.717, 1.165) is 102 Å². The lowest BCUT2D eigenvalue weighted by Crippen LogP contribution is -2.40. The van der Waals surface area contributed by atoms with Crippen molar-refractivity contribution in [2.75, 3.05) is 33.2 Å². The molecule has 224 valence electrons. The lowest BCUT2D eigenvalue weighted by Gasteiger charge is -2.32. The number of H-pyrrole nitrogens is 1. The molecule has 0 spiro atoms. The Labute approximate surface area is 258 Å². The molecule has 44 heavy (non-hydrogen) atoms. The highest BCUT2D eigenvalue weighted by molar-refractivity contribution is 5.89. The van der Waals surface area contributed by atoms with Gasteiger partial charge in [-0.2, -0.15) is 0 Å². The number of aryl methyl sites for hydroxylation is 1. The minimum absolute atomic E-state index is 0.0207. The number of aromatic nitrogens is 4. The van der Waals surface area contributed by atoms with Crippen molar-refractivity contribution in [3.63, 3.8) is 0 Å². The Morgan fingerprint density at radius 2 is 1.80 bits per heavy atom. The Bertz CT molecular complexity index is 1780. The van der Waals surface area contributed by atoms with Crippen molar-refractivity contribution in [3.05, 3.63) is 90.5 Å². The molecule has 1 N–H and O–H groups in total. The zero-order valence-corrected chi connectivity index (χ0v) is 25.4. The molecule has 0 aliphatic carbocycles. The van der Waals surface area contributed by atoms with Crippen LogP contribution >= 0.6 is 0 Å². The van der Waals surface area contributed by atoms with E-state index in [1.54, 1.807) is 6.33 Å². The van der Waals surface area contributed by atoms with E-state index < -0.39 is 0 Å². The first kappa shape index (κ1) is 28.4. The van der Waals surface area contributed by atoms with Gasteiger partial charge in [-0.05, 0) is 81.2 Å². The van der Waals surface area contributed by atoms with Crippen LogP contribution in [0.3, 0.4) is 0 Å². The fraction of sp³-hybridized carbons (Fsp3) is 0.333. The number of aromatic amines is 1. The number of piperidine rings is 1. The zero-order chi connectivity index (χ0) is 30.0. The molecule has 2 aliphatic rings. The summed E-state index contributed by atoms with van der Waals surface area (Å²) in [6.45, 7) is 6.44. The van der Waals surface area contributed by atoms with Gasteiger partial charge in [0, 0.05) is 54.6 Å². The van der Waals surface area contributed by atoms with E-state index in [9.17, 15) is 4.79 Å². The van der Waals surface area contributed by atoms with Gasteiger partial charge in [-0.25, -0.2) is 4.98 Å². The summed E-state index contributed by atoms with van der Waals surface area (Å²) in [6.07, 6.45) is 6.59. The summed E-state index contributed by atoms with van der Waals surface area (Å²) in [5.41, 5.74) is 9.03. The molecular formula is C36H38N6O2. The van der Waals surface area contributed by atoms with Crippen LogP contribution in [-0.2, 0) is 16.1 Å². The van der Waals surface area contributed by atoms with Crippen LogP contribution in [0.25, 0.3) is 44.7 Å². The van der Waals surface area contributed by atoms with Crippen LogP contribution in [0.2, 0.25) is 0 Å². The number of fused-ring (bicyclic) bond motifs is 1. The van der Waals surface area contributed by atoms with E-state index in [4.69, 9.17) is 9.72 Å². The number of nitrogens with one attached hydrogen (secondary N) is 1. The summed E-state index contributed by atoms with van der Waals surface area (Å²) in [7, 11) is 2.08. The zero-order valence-electron chi connectivity index (χ0n) is 25.4. The molecule has 8 nitrogen and oxygen atoms in total. The minimum Gasteiger partial charge on any atom is -0.461 e. The van der Waals surface area contributed by atoms with Gasteiger partial charge in [-0.1, -0.05) is 36.4 Å². The smallest absolute Gasteiger partial charge is 0.310 e. The summed E-state index contributed by atoms with van der Waals surface area (Å²) in [4.78, 5) is 34.8. The Kier molecular flexibility index (Phi) is 7.93. The number of nitrogens with zero attached hydrogens (tertiary/aromatic N) is 5. The maximum absolute atomic E-state index is 12.9. The first-order valence-corrected chi connectivity index (χ1v) is 15.6. The number of carbonyl (C=O) groups is 1. The molecule has 2 saturated heterocycles. The van der Waals surface area contributed by atoms with Crippen LogP contribution < -0.4 is 0 Å². The number of likely N-dealkylation sites (tertiary alicyclic amines) is 2. The molecule has 2 aliphatic heterocycles. The molecule has 0 bridgehead atoms. The van der Waals surface area contributed by atoms with Gasteiger partial charge in [0.1, 0.15) is 6.10 Å². The average Bonchev–Trinajstić information content (AvgIpc) is 3.70. The predicted molar refractivity (Wildman–Crippen MR) is 173 cm³/mol. The van der Waals surface area contributed by atoms with Gasteiger partial charge in [0.2, 0.25) is 0 Å². The number of pyridine rings is 2. The number of rotatable bonds is 7. The Hall–Kier alpha value is -4.40. The second kappa shape index (κ2) is 12.3. The Morgan fingerprint density at radius 1 is 0.955 bits per heavy atom. The topological polar surface area (TPSA) is 87.2 Å². The van der Waals surface area contributed by atoms with E-state index in [0.29, 0.717) is 0 Å². The third kappa shape index (κ3) is 6.14. The number of carbonyl (C=O) groups excluding carboxylic acids is 1. The van der Waals surface area contributed by atoms with Gasteiger partial charge in [0.05, 0.1) is 34.8 Å². The monoisotopic (exact) mass is 586 g/mol. The molecule has 5 aromatic rings. The highest BCUT2D eigenvalue weighted by atomic mass is 16.5. The van der Waals surface area contributed by atoms with E-state index >= 15 is 0 Å². The molecule has 7 rings (SSSR count). The van der Waals surface area contributed by atoms with Gasteiger partial charge in [-0.15, -0.1) is 0 Å². The van der Waals surface area contributed by atoms with Crippen molar-refractivity contribution >= 4 is 16.9 Å². The second-order valence-corrected chi connectivity index (χ2v) is 12.3. The molecule has 0 amide bonds. The molecule has 0 saturated carbocycles. The third-order valence-corrected chi connectivity index (χ3v) is 8.90. The van der Waals surface area contributed by atoms with Crippen molar-refractivity contribution in [1.29, 1.82) is 0 Å². The van der Waals surface area contributed by atoms with E-state index in [1.165, 1.54) is 5.56 Å². The number of ether oxygens (including phenoxy) is 1. The Balaban J connectivity index is 1.04. The van der Waals surface area contributed by atoms with Gasteiger partial charge >= 0.3 is 5.97 Å². The van der Waals surface area contributed by atoms with Crippen LogP contribution in [0.15, 0.2) is 79.3 Å². The first-order chi connectivity index (χ1) is 21.5. The average molecular weight is 587 g/mol. The van der Waals surface area contributed by atoms with E-state index in [2.05, 4.69) is 74.3 Å². The fourth-order valence-electron chi connectivity index (χ4n) is 6.53. The summed E-state index contributed by atoms with van der Waals surface area (Å²) >= 11 is 0. The number of likely N-dealkylation sites (N-methyl/N-ethyl adjacent to an activating group) is 1. The van der Waals surface area contributed by atoms with Crippen LogP contribution in [0.4, 0.5) is 0 Å². The molecule has 2 aromatic carbocycles. The maximum atomic E-state index is 12.9. The summed E-state index contributed by atoms with van der Waals surface area (Å²) in [5, 5.41) is 1.06. The lowest BCUT2D eigenvalue weighted by atomic mass is 9.97. The summed E-state index contributed by atoms with van der Waals surface area (Å²) in [5.74, 6) is -0.0548. The molecule has 0 radical (unpaired) electrons. The number of hydrogen-bond donors (Lipinski definition) is 1. The quantitative estimate of drug-likeness (QED) is 0.230. The van der Waals surface area contributed by atoms with Crippen LogP contribution in [0.5, 0.6) is 0 Å². The van der Waals surface area contributed by atoms with E-state index in [-0.39, 0.29) is 18.0 Å². The highest BCUT2D eigenvalue weighted by Crippen LogP contribution is 2.31. The van der Waals surface area contributed by atoms with Crippen molar-refractivity contribution in [3.8, 4) is 33.8 Å². The van der Waals surface area contributed by atoms with Crippen LogP contribution in [0.1, 0.15) is 30.5 Å². The molecule has 8 heteroatoms. The molecule has 2 fully saturated rings. The lowest BCUT2D eigenvalue weighted by molar-refractivity contribution is -0.155. The standard InChI is InChI=1S/C36H38N6O2/c1-24-5-3-7-33(40-24)35-34(38-23-39-35)27-12-13-32-29(17-27)18-30(19-37-32)26-10-8-25(9-11-26)20-42-15-4-6-28(21-42)36(43)44-31-14-16-41(2)22-31/h3,5,7-13,17-19,23,28,31H,4,6,14-16,20-22H2,1-2H3,(H,38,39)/t28?,31-/m0/s1.